The minimum Gasteiger partial charge on any atom is -0.469 e. The molecule has 0 atom stereocenters. The molecule has 2 aromatic rings. The Morgan fingerprint density at radius 3 is 2.48 bits per heavy atom. The molecule has 0 radical (unpaired) electrons. The van der Waals surface area contributed by atoms with E-state index in [0.29, 0.717) is 34.5 Å². The Kier molecular flexibility index (Phi) is 4.95. The van der Waals surface area contributed by atoms with Crippen LogP contribution in [0.2, 0.25) is 10.0 Å². The number of carbonyl (C=O) groups is 1. The lowest BCUT2D eigenvalue weighted by Crippen LogP contribution is -2.48. The fraction of sp³-hybridized carbons (Fsp3) is 0.353. The maximum Gasteiger partial charge on any atom is 0.257 e. The molecule has 0 unspecified atom stereocenters. The van der Waals surface area contributed by atoms with Crippen molar-refractivity contribution < 1.29 is 9.21 Å². The Hall–Kier alpha value is -1.49. The Balaban J connectivity index is 1.57. The van der Waals surface area contributed by atoms with Crippen LogP contribution in [0.3, 0.4) is 0 Å². The standard InChI is InChI=1S/C17H18Cl2N2O2/c1-12-14(4-9-23-12)17(22)21-7-5-20(6-8-21)11-13-2-3-15(18)16(19)10-13/h2-4,9-10H,5-8,11H2,1H3. The first-order valence-electron chi connectivity index (χ1n) is 7.54. The zero-order chi connectivity index (χ0) is 16.4. The summed E-state index contributed by atoms with van der Waals surface area (Å²) in [7, 11) is 0. The molecular formula is C17H18Cl2N2O2. The van der Waals surface area contributed by atoms with Gasteiger partial charge in [-0.2, -0.15) is 0 Å². The molecule has 3 rings (SSSR count). The van der Waals surface area contributed by atoms with E-state index in [0.717, 1.165) is 25.2 Å². The van der Waals surface area contributed by atoms with Crippen molar-refractivity contribution >= 4 is 29.1 Å². The van der Waals surface area contributed by atoms with Crippen LogP contribution in [0.5, 0.6) is 0 Å². The largest absolute Gasteiger partial charge is 0.469 e. The second-order valence-electron chi connectivity index (χ2n) is 5.71. The van der Waals surface area contributed by atoms with Crippen molar-refractivity contribution in [2.24, 2.45) is 0 Å². The van der Waals surface area contributed by atoms with Gasteiger partial charge in [-0.05, 0) is 30.7 Å². The fourth-order valence-electron chi connectivity index (χ4n) is 2.78. The van der Waals surface area contributed by atoms with Crippen LogP contribution in [0.1, 0.15) is 21.7 Å². The Bertz CT molecular complexity index is 706. The molecule has 1 amide bonds. The minimum absolute atomic E-state index is 0.0467. The minimum atomic E-state index is 0.0467. The van der Waals surface area contributed by atoms with Crippen LogP contribution in [0, 0.1) is 6.92 Å². The van der Waals surface area contributed by atoms with E-state index >= 15 is 0 Å². The Morgan fingerprint density at radius 2 is 1.87 bits per heavy atom. The second kappa shape index (κ2) is 6.95. The first-order chi connectivity index (χ1) is 11.0. The van der Waals surface area contributed by atoms with Gasteiger partial charge in [-0.15, -0.1) is 0 Å². The first kappa shape index (κ1) is 16.4. The Labute approximate surface area is 145 Å². The maximum atomic E-state index is 12.4. The van der Waals surface area contributed by atoms with Gasteiger partial charge >= 0.3 is 0 Å². The summed E-state index contributed by atoms with van der Waals surface area (Å²) in [6.07, 6.45) is 1.56. The number of carbonyl (C=O) groups excluding carboxylic acids is 1. The summed E-state index contributed by atoms with van der Waals surface area (Å²) in [5.74, 6) is 0.721. The molecule has 0 aliphatic carbocycles. The van der Waals surface area contributed by atoms with E-state index in [2.05, 4.69) is 4.90 Å². The molecule has 1 aliphatic rings. The van der Waals surface area contributed by atoms with Gasteiger partial charge in [0, 0.05) is 32.7 Å². The quantitative estimate of drug-likeness (QED) is 0.841. The smallest absolute Gasteiger partial charge is 0.257 e. The molecule has 122 valence electrons. The van der Waals surface area contributed by atoms with Crippen molar-refractivity contribution in [1.29, 1.82) is 0 Å². The first-order valence-corrected chi connectivity index (χ1v) is 8.30. The number of piperazine rings is 1. The van der Waals surface area contributed by atoms with Crippen LogP contribution in [0.25, 0.3) is 0 Å². The normalized spacial score (nSPS) is 15.9. The molecule has 4 nitrogen and oxygen atoms in total. The Morgan fingerprint density at radius 1 is 1.13 bits per heavy atom. The van der Waals surface area contributed by atoms with Gasteiger partial charge in [-0.3, -0.25) is 9.69 Å². The van der Waals surface area contributed by atoms with Gasteiger partial charge in [0.1, 0.15) is 5.76 Å². The number of halogens is 2. The van der Waals surface area contributed by atoms with E-state index < -0.39 is 0 Å². The third kappa shape index (κ3) is 3.71. The van der Waals surface area contributed by atoms with Crippen molar-refractivity contribution in [3.63, 3.8) is 0 Å². The highest BCUT2D eigenvalue weighted by atomic mass is 35.5. The highest BCUT2D eigenvalue weighted by molar-refractivity contribution is 6.42. The van der Waals surface area contributed by atoms with Crippen LogP contribution >= 0.6 is 23.2 Å². The van der Waals surface area contributed by atoms with Crippen LogP contribution < -0.4 is 0 Å². The van der Waals surface area contributed by atoms with Crippen molar-refractivity contribution in [1.82, 2.24) is 9.80 Å². The van der Waals surface area contributed by atoms with Gasteiger partial charge in [-0.1, -0.05) is 29.3 Å². The van der Waals surface area contributed by atoms with Crippen molar-refractivity contribution in [2.45, 2.75) is 13.5 Å². The zero-order valence-electron chi connectivity index (χ0n) is 12.9. The molecule has 1 aliphatic heterocycles. The lowest BCUT2D eigenvalue weighted by molar-refractivity contribution is 0.0627. The topological polar surface area (TPSA) is 36.7 Å². The summed E-state index contributed by atoms with van der Waals surface area (Å²) in [4.78, 5) is 16.6. The molecule has 0 spiro atoms. The molecule has 1 saturated heterocycles. The average molecular weight is 353 g/mol. The number of amides is 1. The van der Waals surface area contributed by atoms with Crippen LogP contribution in [0.4, 0.5) is 0 Å². The summed E-state index contributed by atoms with van der Waals surface area (Å²) in [6, 6.07) is 7.44. The van der Waals surface area contributed by atoms with Gasteiger partial charge < -0.3 is 9.32 Å². The monoisotopic (exact) mass is 352 g/mol. The van der Waals surface area contributed by atoms with Crippen molar-refractivity contribution in [2.75, 3.05) is 26.2 Å². The predicted molar refractivity (Wildman–Crippen MR) is 91.1 cm³/mol. The third-order valence-electron chi connectivity index (χ3n) is 4.14. The maximum absolute atomic E-state index is 12.4. The third-order valence-corrected chi connectivity index (χ3v) is 4.88. The van der Waals surface area contributed by atoms with Crippen LogP contribution in [0.15, 0.2) is 34.9 Å². The number of hydrogen-bond acceptors (Lipinski definition) is 3. The highest BCUT2D eigenvalue weighted by Gasteiger charge is 2.24. The van der Waals surface area contributed by atoms with Crippen LogP contribution in [-0.4, -0.2) is 41.9 Å². The molecule has 6 heteroatoms. The molecule has 1 aromatic heterocycles. The van der Waals surface area contributed by atoms with E-state index in [9.17, 15) is 4.79 Å². The number of hydrogen-bond donors (Lipinski definition) is 0. The lowest BCUT2D eigenvalue weighted by atomic mass is 10.1. The number of nitrogens with zero attached hydrogens (tertiary/aromatic N) is 2. The van der Waals surface area contributed by atoms with Gasteiger partial charge in [-0.25, -0.2) is 0 Å². The van der Waals surface area contributed by atoms with E-state index in [1.807, 2.05) is 30.0 Å². The van der Waals surface area contributed by atoms with Gasteiger partial charge in [0.15, 0.2) is 0 Å². The SMILES string of the molecule is Cc1occc1C(=O)N1CCN(Cc2ccc(Cl)c(Cl)c2)CC1. The second-order valence-corrected chi connectivity index (χ2v) is 6.52. The number of rotatable bonds is 3. The predicted octanol–water partition coefficient (Wildman–Crippen LogP) is 3.85. The summed E-state index contributed by atoms with van der Waals surface area (Å²) in [5.41, 5.74) is 1.78. The average Bonchev–Trinajstić information content (AvgIpc) is 2.97. The molecular weight excluding hydrogens is 335 g/mol. The van der Waals surface area contributed by atoms with Gasteiger partial charge in [0.25, 0.3) is 5.91 Å². The summed E-state index contributed by atoms with van der Waals surface area (Å²) < 4.78 is 5.22. The van der Waals surface area contributed by atoms with E-state index in [-0.39, 0.29) is 5.91 Å². The lowest BCUT2D eigenvalue weighted by Gasteiger charge is -2.34. The molecule has 1 fully saturated rings. The number of aryl methyl sites for hydroxylation is 1. The molecule has 0 saturated carbocycles. The number of furan rings is 1. The van der Waals surface area contributed by atoms with Crippen molar-refractivity contribution in [3.05, 3.63) is 57.5 Å². The zero-order valence-corrected chi connectivity index (χ0v) is 14.4. The highest BCUT2D eigenvalue weighted by Crippen LogP contribution is 2.23. The van der Waals surface area contributed by atoms with E-state index in [1.165, 1.54) is 0 Å². The molecule has 0 N–H and O–H groups in total. The molecule has 2 heterocycles. The van der Waals surface area contributed by atoms with Gasteiger partial charge in [0.05, 0.1) is 21.9 Å². The van der Waals surface area contributed by atoms with Gasteiger partial charge in [0.2, 0.25) is 0 Å². The number of benzene rings is 1. The van der Waals surface area contributed by atoms with Crippen molar-refractivity contribution in [3.8, 4) is 0 Å². The fourth-order valence-corrected chi connectivity index (χ4v) is 3.10. The summed E-state index contributed by atoms with van der Waals surface area (Å²) in [5, 5.41) is 1.15. The molecule has 0 bridgehead atoms. The summed E-state index contributed by atoms with van der Waals surface area (Å²) in [6.45, 7) is 5.72. The summed E-state index contributed by atoms with van der Waals surface area (Å²) >= 11 is 12.0. The van der Waals surface area contributed by atoms with E-state index in [4.69, 9.17) is 27.6 Å². The molecule has 23 heavy (non-hydrogen) atoms. The van der Waals surface area contributed by atoms with E-state index in [1.54, 1.807) is 12.3 Å². The van der Waals surface area contributed by atoms with Crippen LogP contribution in [-0.2, 0) is 6.54 Å². The molecule has 1 aromatic carbocycles.